The number of ether oxygens (including phenoxy) is 1. The quantitative estimate of drug-likeness (QED) is 0.838. The van der Waals surface area contributed by atoms with E-state index in [9.17, 15) is 0 Å². The summed E-state index contributed by atoms with van der Waals surface area (Å²) in [5, 5.41) is 13.6. The zero-order chi connectivity index (χ0) is 16.1. The largest absolute Gasteiger partial charge is 0.394 e. The molecule has 2 rings (SSSR count). The molecule has 0 radical (unpaired) electrons. The fraction of sp³-hybridized carbons (Fsp3) is 0.824. The van der Waals surface area contributed by atoms with Crippen molar-refractivity contribution in [3.05, 3.63) is 17.0 Å². The van der Waals surface area contributed by atoms with Gasteiger partial charge < -0.3 is 9.84 Å². The first-order valence-corrected chi connectivity index (χ1v) is 8.49. The van der Waals surface area contributed by atoms with Crippen LogP contribution in [0.4, 0.5) is 0 Å². The monoisotopic (exact) mass is 309 g/mol. The van der Waals surface area contributed by atoms with Crippen molar-refractivity contribution in [3.8, 4) is 0 Å². The van der Waals surface area contributed by atoms with Crippen molar-refractivity contribution in [2.24, 2.45) is 5.92 Å². The maximum Gasteiger partial charge on any atom is 0.0644 e. The van der Waals surface area contributed by atoms with Crippen LogP contribution in [0.1, 0.15) is 43.6 Å². The molecular formula is C17H31N3O2. The Hall–Kier alpha value is -0.910. The van der Waals surface area contributed by atoms with Gasteiger partial charge in [0.15, 0.2) is 0 Å². The van der Waals surface area contributed by atoms with Crippen LogP contribution < -0.4 is 0 Å². The van der Waals surface area contributed by atoms with Gasteiger partial charge in [0, 0.05) is 37.5 Å². The Morgan fingerprint density at radius 3 is 2.55 bits per heavy atom. The Balaban J connectivity index is 1.86. The fourth-order valence-electron chi connectivity index (χ4n) is 3.06. The Morgan fingerprint density at radius 2 is 1.95 bits per heavy atom. The summed E-state index contributed by atoms with van der Waals surface area (Å²) in [7, 11) is 0. The first-order valence-electron chi connectivity index (χ1n) is 8.49. The van der Waals surface area contributed by atoms with Crippen LogP contribution in [-0.2, 0) is 17.8 Å². The van der Waals surface area contributed by atoms with E-state index in [2.05, 4.69) is 37.7 Å². The summed E-state index contributed by atoms with van der Waals surface area (Å²) < 4.78 is 7.88. The number of piperidine rings is 1. The molecule has 0 saturated carbocycles. The number of hydrogen-bond acceptors (Lipinski definition) is 4. The minimum atomic E-state index is 0.139. The lowest BCUT2D eigenvalue weighted by molar-refractivity contribution is -0.00590. The van der Waals surface area contributed by atoms with E-state index < -0.39 is 0 Å². The molecule has 1 N–H and O–H groups in total. The second-order valence-corrected chi connectivity index (χ2v) is 6.80. The van der Waals surface area contributed by atoms with Crippen LogP contribution in [0.5, 0.6) is 0 Å². The zero-order valence-electron chi connectivity index (χ0n) is 14.5. The van der Waals surface area contributed by atoms with Crippen molar-refractivity contribution in [3.63, 3.8) is 0 Å². The molecule has 1 aliphatic heterocycles. The number of nitrogens with zero attached hydrogens (tertiary/aromatic N) is 3. The molecule has 2 heterocycles. The van der Waals surface area contributed by atoms with Crippen molar-refractivity contribution in [1.82, 2.24) is 14.7 Å². The molecule has 0 spiro atoms. The summed E-state index contributed by atoms with van der Waals surface area (Å²) in [5.41, 5.74) is 3.59. The smallest absolute Gasteiger partial charge is 0.0644 e. The molecule has 1 aromatic heterocycles. The van der Waals surface area contributed by atoms with Gasteiger partial charge in [-0.1, -0.05) is 13.8 Å². The molecule has 0 unspecified atom stereocenters. The van der Waals surface area contributed by atoms with E-state index in [4.69, 9.17) is 9.84 Å². The van der Waals surface area contributed by atoms with Crippen molar-refractivity contribution < 1.29 is 9.84 Å². The molecule has 1 fully saturated rings. The molecule has 1 aliphatic rings. The molecular weight excluding hydrogens is 278 g/mol. The second-order valence-electron chi connectivity index (χ2n) is 6.80. The van der Waals surface area contributed by atoms with Crippen molar-refractivity contribution in [1.29, 1.82) is 0 Å². The normalized spacial score (nSPS) is 17.5. The molecule has 0 bridgehead atoms. The minimum absolute atomic E-state index is 0.139. The van der Waals surface area contributed by atoms with Crippen LogP contribution in [-0.4, -0.2) is 52.2 Å². The standard InChI is InChI=1S/C17H31N3O2/c1-13(2)12-22-16-5-7-19(8-6-16)11-17-14(3)18-20(9-10-21)15(17)4/h13,16,21H,5-12H2,1-4H3. The first kappa shape index (κ1) is 17.4. The average Bonchev–Trinajstić information content (AvgIpc) is 2.74. The van der Waals surface area contributed by atoms with Crippen LogP contribution in [0, 0.1) is 19.8 Å². The van der Waals surface area contributed by atoms with E-state index in [1.807, 2.05) is 4.68 Å². The number of likely N-dealkylation sites (tertiary alicyclic amines) is 1. The van der Waals surface area contributed by atoms with Gasteiger partial charge in [0.25, 0.3) is 0 Å². The Kier molecular flexibility index (Phi) is 6.41. The van der Waals surface area contributed by atoms with Gasteiger partial charge in [0.2, 0.25) is 0 Å². The third-order valence-corrected chi connectivity index (χ3v) is 4.42. The van der Waals surface area contributed by atoms with Crippen LogP contribution in [0.3, 0.4) is 0 Å². The highest BCUT2D eigenvalue weighted by Crippen LogP contribution is 2.20. The number of aryl methyl sites for hydroxylation is 1. The average molecular weight is 309 g/mol. The molecule has 0 aliphatic carbocycles. The molecule has 0 aromatic carbocycles. The molecule has 0 atom stereocenters. The van der Waals surface area contributed by atoms with Crippen molar-refractivity contribution in [2.75, 3.05) is 26.3 Å². The van der Waals surface area contributed by atoms with Crippen LogP contribution >= 0.6 is 0 Å². The first-order chi connectivity index (χ1) is 10.5. The third-order valence-electron chi connectivity index (χ3n) is 4.42. The van der Waals surface area contributed by atoms with Gasteiger partial charge in [-0.05, 0) is 32.6 Å². The van der Waals surface area contributed by atoms with E-state index in [-0.39, 0.29) is 6.61 Å². The number of hydrogen-bond donors (Lipinski definition) is 1. The molecule has 0 amide bonds. The van der Waals surface area contributed by atoms with Gasteiger partial charge in [0.05, 0.1) is 24.9 Å². The lowest BCUT2D eigenvalue weighted by atomic mass is 10.1. The van der Waals surface area contributed by atoms with Gasteiger partial charge in [0.1, 0.15) is 0 Å². The van der Waals surface area contributed by atoms with Crippen LogP contribution in [0.2, 0.25) is 0 Å². The van der Waals surface area contributed by atoms with Crippen LogP contribution in [0.15, 0.2) is 0 Å². The topological polar surface area (TPSA) is 50.5 Å². The van der Waals surface area contributed by atoms with E-state index in [1.54, 1.807) is 0 Å². The molecule has 22 heavy (non-hydrogen) atoms. The van der Waals surface area contributed by atoms with Gasteiger partial charge >= 0.3 is 0 Å². The van der Waals surface area contributed by atoms with E-state index >= 15 is 0 Å². The fourth-order valence-corrected chi connectivity index (χ4v) is 3.06. The Bertz CT molecular complexity index is 463. The van der Waals surface area contributed by atoms with Crippen molar-refractivity contribution in [2.45, 2.75) is 59.7 Å². The predicted octanol–water partition coefficient (Wildman–Crippen LogP) is 2.13. The van der Waals surface area contributed by atoms with Crippen LogP contribution in [0.25, 0.3) is 0 Å². The third kappa shape index (κ3) is 4.54. The maximum absolute atomic E-state index is 9.10. The number of aliphatic hydroxyl groups excluding tert-OH is 1. The Morgan fingerprint density at radius 1 is 1.27 bits per heavy atom. The summed E-state index contributed by atoms with van der Waals surface area (Å²) >= 11 is 0. The van der Waals surface area contributed by atoms with Gasteiger partial charge in [-0.25, -0.2) is 0 Å². The van der Waals surface area contributed by atoms with Gasteiger partial charge in [-0.2, -0.15) is 5.10 Å². The SMILES string of the molecule is Cc1nn(CCO)c(C)c1CN1CCC(OCC(C)C)CC1. The minimum Gasteiger partial charge on any atom is -0.394 e. The molecule has 126 valence electrons. The van der Waals surface area contributed by atoms with E-state index in [0.29, 0.717) is 18.6 Å². The molecule has 1 saturated heterocycles. The lowest BCUT2D eigenvalue weighted by Gasteiger charge is -2.32. The van der Waals surface area contributed by atoms with Gasteiger partial charge in [-0.3, -0.25) is 9.58 Å². The van der Waals surface area contributed by atoms with Crippen molar-refractivity contribution >= 4 is 0 Å². The summed E-state index contributed by atoms with van der Waals surface area (Å²) in [4.78, 5) is 2.50. The zero-order valence-corrected chi connectivity index (χ0v) is 14.5. The highest BCUT2D eigenvalue weighted by atomic mass is 16.5. The summed E-state index contributed by atoms with van der Waals surface area (Å²) in [6, 6.07) is 0. The number of aliphatic hydroxyl groups is 1. The van der Waals surface area contributed by atoms with E-state index in [1.165, 1.54) is 11.3 Å². The highest BCUT2D eigenvalue weighted by Gasteiger charge is 2.22. The second kappa shape index (κ2) is 8.09. The lowest BCUT2D eigenvalue weighted by Crippen LogP contribution is -2.37. The highest BCUT2D eigenvalue weighted by molar-refractivity contribution is 5.24. The van der Waals surface area contributed by atoms with E-state index in [0.717, 1.165) is 44.8 Å². The molecule has 1 aromatic rings. The Labute approximate surface area is 134 Å². The maximum atomic E-state index is 9.10. The molecule has 5 heteroatoms. The summed E-state index contributed by atoms with van der Waals surface area (Å²) in [6.45, 7) is 13.3. The molecule has 5 nitrogen and oxygen atoms in total. The predicted molar refractivity (Wildman–Crippen MR) is 87.9 cm³/mol. The summed E-state index contributed by atoms with van der Waals surface area (Å²) in [6.07, 6.45) is 2.67. The number of rotatable bonds is 7. The number of aromatic nitrogens is 2. The van der Waals surface area contributed by atoms with Gasteiger partial charge in [-0.15, -0.1) is 0 Å². The summed E-state index contributed by atoms with van der Waals surface area (Å²) in [5.74, 6) is 0.612.